The van der Waals surface area contributed by atoms with Gasteiger partial charge in [0.25, 0.3) is 0 Å². The number of aromatic nitrogens is 2. The standard InChI is InChI=1S/C18H28N4/c1-3-17-19-10-15(11-20-17)14-4-6-22(7-5-14)16-8-18(9-16)12-21(2)13-18/h10-11,14,16H,3-9,12-13H2,1-2H3. The molecule has 4 rings (SSSR count). The molecule has 2 aliphatic heterocycles. The van der Waals surface area contributed by atoms with Gasteiger partial charge in [0.2, 0.25) is 0 Å². The summed E-state index contributed by atoms with van der Waals surface area (Å²) in [4.78, 5) is 14.2. The molecule has 3 heterocycles. The van der Waals surface area contributed by atoms with Gasteiger partial charge in [0.1, 0.15) is 5.82 Å². The summed E-state index contributed by atoms with van der Waals surface area (Å²) in [6.07, 6.45) is 10.5. The van der Waals surface area contributed by atoms with Crippen molar-refractivity contribution in [3.05, 3.63) is 23.8 Å². The Morgan fingerprint density at radius 1 is 1.14 bits per heavy atom. The van der Waals surface area contributed by atoms with Gasteiger partial charge in [-0.1, -0.05) is 6.92 Å². The van der Waals surface area contributed by atoms with Crippen LogP contribution in [0.2, 0.25) is 0 Å². The molecular formula is C18H28N4. The van der Waals surface area contributed by atoms with Crippen molar-refractivity contribution in [1.82, 2.24) is 19.8 Å². The molecular weight excluding hydrogens is 272 g/mol. The zero-order valence-electron chi connectivity index (χ0n) is 14.0. The van der Waals surface area contributed by atoms with Crippen molar-refractivity contribution in [2.45, 2.75) is 51.0 Å². The third kappa shape index (κ3) is 2.56. The number of hydrogen-bond donors (Lipinski definition) is 0. The summed E-state index contributed by atoms with van der Waals surface area (Å²) in [5.74, 6) is 1.64. The molecule has 0 bridgehead atoms. The van der Waals surface area contributed by atoms with Crippen molar-refractivity contribution in [3.8, 4) is 0 Å². The lowest BCUT2D eigenvalue weighted by Crippen LogP contribution is -2.65. The van der Waals surface area contributed by atoms with E-state index >= 15 is 0 Å². The van der Waals surface area contributed by atoms with Gasteiger partial charge in [0.15, 0.2) is 0 Å². The zero-order chi connectivity index (χ0) is 15.2. The fourth-order valence-corrected chi connectivity index (χ4v) is 4.91. The second-order valence-corrected chi connectivity index (χ2v) is 7.83. The second-order valence-electron chi connectivity index (χ2n) is 7.83. The van der Waals surface area contributed by atoms with E-state index in [0.29, 0.717) is 11.3 Å². The Labute approximate surface area is 133 Å². The molecule has 1 aromatic rings. The minimum Gasteiger partial charge on any atom is -0.305 e. The maximum absolute atomic E-state index is 4.47. The number of hydrogen-bond acceptors (Lipinski definition) is 4. The fourth-order valence-electron chi connectivity index (χ4n) is 4.91. The predicted octanol–water partition coefficient (Wildman–Crippen LogP) is 2.31. The molecule has 4 nitrogen and oxygen atoms in total. The molecule has 1 saturated carbocycles. The third-order valence-corrected chi connectivity index (χ3v) is 6.11. The van der Waals surface area contributed by atoms with Gasteiger partial charge in [-0.05, 0) is 62.7 Å². The normalized spacial score (nSPS) is 26.8. The number of piperidine rings is 1. The van der Waals surface area contributed by atoms with Crippen LogP contribution in [0, 0.1) is 5.41 Å². The van der Waals surface area contributed by atoms with Crippen LogP contribution < -0.4 is 0 Å². The van der Waals surface area contributed by atoms with Gasteiger partial charge >= 0.3 is 0 Å². The highest BCUT2D eigenvalue weighted by atomic mass is 15.2. The van der Waals surface area contributed by atoms with Gasteiger partial charge < -0.3 is 9.80 Å². The Bertz CT molecular complexity index is 504. The second kappa shape index (κ2) is 5.57. The predicted molar refractivity (Wildman–Crippen MR) is 87.9 cm³/mol. The highest BCUT2D eigenvalue weighted by Crippen LogP contribution is 2.50. The van der Waals surface area contributed by atoms with Gasteiger partial charge in [-0.2, -0.15) is 0 Å². The van der Waals surface area contributed by atoms with Gasteiger partial charge in [0, 0.05) is 37.9 Å². The first-order valence-electron chi connectivity index (χ1n) is 8.91. The number of likely N-dealkylation sites (tertiary alicyclic amines) is 2. The van der Waals surface area contributed by atoms with Crippen molar-refractivity contribution in [2.24, 2.45) is 5.41 Å². The molecule has 3 aliphatic rings. The minimum atomic E-state index is 0.672. The molecule has 120 valence electrons. The van der Waals surface area contributed by atoms with E-state index < -0.39 is 0 Å². The summed E-state index contributed by atoms with van der Waals surface area (Å²) in [6.45, 7) is 7.30. The maximum atomic E-state index is 4.47. The van der Waals surface area contributed by atoms with Crippen LogP contribution in [0.15, 0.2) is 12.4 Å². The van der Waals surface area contributed by atoms with Crippen LogP contribution in [0.25, 0.3) is 0 Å². The summed E-state index contributed by atoms with van der Waals surface area (Å²) >= 11 is 0. The van der Waals surface area contributed by atoms with Crippen molar-refractivity contribution in [2.75, 3.05) is 33.2 Å². The van der Waals surface area contributed by atoms with E-state index in [-0.39, 0.29) is 0 Å². The first-order chi connectivity index (χ1) is 10.7. The summed E-state index contributed by atoms with van der Waals surface area (Å²) < 4.78 is 0. The lowest BCUT2D eigenvalue weighted by atomic mass is 9.60. The molecule has 0 amide bonds. The first kappa shape index (κ1) is 14.6. The Morgan fingerprint density at radius 3 is 2.32 bits per heavy atom. The quantitative estimate of drug-likeness (QED) is 0.857. The lowest BCUT2D eigenvalue weighted by Gasteiger charge is -2.61. The minimum absolute atomic E-state index is 0.672. The highest BCUT2D eigenvalue weighted by Gasteiger charge is 2.52. The summed E-state index contributed by atoms with van der Waals surface area (Å²) in [6, 6.07) is 0.869. The smallest absolute Gasteiger partial charge is 0.127 e. The SMILES string of the molecule is CCc1ncc(C2CCN(C3CC4(C3)CN(C)C4)CC2)cn1. The van der Waals surface area contributed by atoms with Crippen LogP contribution in [-0.2, 0) is 6.42 Å². The van der Waals surface area contributed by atoms with Gasteiger partial charge in [-0.15, -0.1) is 0 Å². The van der Waals surface area contributed by atoms with E-state index in [1.807, 2.05) is 0 Å². The summed E-state index contributed by atoms with van der Waals surface area (Å²) in [5.41, 5.74) is 2.06. The molecule has 0 unspecified atom stereocenters. The van der Waals surface area contributed by atoms with E-state index in [9.17, 15) is 0 Å². The van der Waals surface area contributed by atoms with Crippen molar-refractivity contribution >= 4 is 0 Å². The molecule has 0 atom stereocenters. The summed E-state index contributed by atoms with van der Waals surface area (Å²) in [5, 5.41) is 0. The molecule has 0 N–H and O–H groups in total. The van der Waals surface area contributed by atoms with Crippen LogP contribution >= 0.6 is 0 Å². The Morgan fingerprint density at radius 2 is 1.77 bits per heavy atom. The van der Waals surface area contributed by atoms with E-state index in [0.717, 1.165) is 18.3 Å². The maximum Gasteiger partial charge on any atom is 0.127 e. The Hall–Kier alpha value is -1.00. The van der Waals surface area contributed by atoms with Crippen molar-refractivity contribution < 1.29 is 0 Å². The highest BCUT2D eigenvalue weighted by molar-refractivity contribution is 5.14. The molecule has 3 fully saturated rings. The Balaban J connectivity index is 1.28. The first-order valence-corrected chi connectivity index (χ1v) is 8.91. The van der Waals surface area contributed by atoms with E-state index in [4.69, 9.17) is 0 Å². The average molecular weight is 300 g/mol. The molecule has 4 heteroatoms. The van der Waals surface area contributed by atoms with Crippen LogP contribution in [0.3, 0.4) is 0 Å². The summed E-state index contributed by atoms with van der Waals surface area (Å²) in [7, 11) is 2.25. The molecule has 22 heavy (non-hydrogen) atoms. The van der Waals surface area contributed by atoms with Gasteiger partial charge in [-0.3, -0.25) is 0 Å². The number of nitrogens with zero attached hydrogens (tertiary/aromatic N) is 4. The van der Waals surface area contributed by atoms with E-state index in [1.54, 1.807) is 0 Å². The van der Waals surface area contributed by atoms with Crippen LogP contribution in [0.4, 0.5) is 0 Å². The molecule has 0 aromatic carbocycles. The molecule has 2 saturated heterocycles. The molecule has 1 aliphatic carbocycles. The van der Waals surface area contributed by atoms with Crippen LogP contribution in [0.5, 0.6) is 0 Å². The lowest BCUT2D eigenvalue weighted by molar-refractivity contribution is -0.102. The van der Waals surface area contributed by atoms with Crippen LogP contribution in [-0.4, -0.2) is 59.0 Å². The fraction of sp³-hybridized carbons (Fsp3) is 0.778. The molecule has 1 aromatic heterocycles. The monoisotopic (exact) mass is 300 g/mol. The number of aryl methyl sites for hydroxylation is 1. The topological polar surface area (TPSA) is 32.3 Å². The third-order valence-electron chi connectivity index (χ3n) is 6.11. The Kier molecular flexibility index (Phi) is 3.69. The average Bonchev–Trinajstić information content (AvgIpc) is 2.50. The van der Waals surface area contributed by atoms with Crippen LogP contribution in [0.1, 0.15) is 49.9 Å². The van der Waals surface area contributed by atoms with E-state index in [2.05, 4.69) is 46.1 Å². The zero-order valence-corrected chi connectivity index (χ0v) is 14.0. The molecule has 1 spiro atoms. The number of rotatable bonds is 3. The van der Waals surface area contributed by atoms with Crippen molar-refractivity contribution in [3.63, 3.8) is 0 Å². The van der Waals surface area contributed by atoms with Gasteiger partial charge in [-0.25, -0.2) is 9.97 Å². The largest absolute Gasteiger partial charge is 0.305 e. The van der Waals surface area contributed by atoms with E-state index in [1.165, 1.54) is 57.4 Å². The van der Waals surface area contributed by atoms with Gasteiger partial charge in [0.05, 0.1) is 0 Å². The molecule has 0 radical (unpaired) electrons. The van der Waals surface area contributed by atoms with Crippen molar-refractivity contribution in [1.29, 1.82) is 0 Å².